The zero-order chi connectivity index (χ0) is 5.11. The topological polar surface area (TPSA) is 3.24 Å². The first-order valence-electron chi connectivity index (χ1n) is 2.35. The highest BCUT2D eigenvalue weighted by atomic mass is 15.0. The smallest absolute Gasteiger partial charge is 0.0106 e. The lowest BCUT2D eigenvalue weighted by Crippen LogP contribution is -2.01. The lowest BCUT2D eigenvalue weighted by molar-refractivity contribution is 0.608. The van der Waals surface area contributed by atoms with Gasteiger partial charge in [-0.05, 0) is 18.7 Å². The summed E-state index contributed by atoms with van der Waals surface area (Å²) in [6.45, 7) is 0. The third-order valence-electron chi connectivity index (χ3n) is 0.871. The lowest BCUT2D eigenvalue weighted by atomic mass is 10.3. The van der Waals surface area contributed by atoms with Crippen LogP contribution in [0, 0.1) is 6.08 Å². The van der Waals surface area contributed by atoms with Crippen molar-refractivity contribution in [3.05, 3.63) is 24.6 Å². The first-order chi connectivity index (χ1) is 3.39. The van der Waals surface area contributed by atoms with E-state index in [9.17, 15) is 0 Å². The summed E-state index contributed by atoms with van der Waals surface area (Å²) < 4.78 is 0. The van der Waals surface area contributed by atoms with Gasteiger partial charge in [-0.1, -0.05) is 6.08 Å². The van der Waals surface area contributed by atoms with E-state index in [1.807, 2.05) is 24.3 Å². The van der Waals surface area contributed by atoms with Crippen LogP contribution in [0.25, 0.3) is 0 Å². The highest BCUT2D eigenvalue weighted by molar-refractivity contribution is 4.95. The molecule has 0 saturated heterocycles. The van der Waals surface area contributed by atoms with E-state index < -0.39 is 0 Å². The maximum absolute atomic E-state index is 3.05. The molecule has 1 aliphatic heterocycles. The molecule has 37 valence electrons. The van der Waals surface area contributed by atoms with E-state index in [0.717, 1.165) is 6.42 Å². The average molecular weight is 94.1 g/mol. The molecule has 0 spiro atoms. The molecule has 0 saturated carbocycles. The second kappa shape index (κ2) is 1.82. The fourth-order valence-corrected chi connectivity index (χ4v) is 0.527. The quantitative estimate of drug-likeness (QED) is 0.435. The van der Waals surface area contributed by atoms with Gasteiger partial charge in [0.15, 0.2) is 0 Å². The molecule has 1 heteroatoms. The molecule has 7 heavy (non-hydrogen) atoms. The van der Waals surface area contributed by atoms with E-state index in [-0.39, 0.29) is 0 Å². The average Bonchev–Trinajstić information content (AvgIpc) is 1.69. The van der Waals surface area contributed by atoms with Gasteiger partial charge in [-0.15, -0.1) is 0 Å². The monoisotopic (exact) mass is 94.1 g/mol. The Bertz CT molecular complexity index is 90.7. The standard InChI is InChI=1S/C6H8N/c1-7-5-3-2-4-6-7/h3,5-6H,2H2,1H3. The summed E-state index contributed by atoms with van der Waals surface area (Å²) in [5, 5.41) is 0. The third kappa shape index (κ3) is 1.07. The second-order valence-corrected chi connectivity index (χ2v) is 1.59. The molecule has 0 N–H and O–H groups in total. The van der Waals surface area contributed by atoms with Gasteiger partial charge in [0.25, 0.3) is 0 Å². The van der Waals surface area contributed by atoms with Crippen LogP contribution >= 0.6 is 0 Å². The van der Waals surface area contributed by atoms with E-state index in [2.05, 4.69) is 12.2 Å². The fraction of sp³-hybridized carbons (Fsp3) is 0.333. The maximum Gasteiger partial charge on any atom is 0.0106 e. The molecule has 0 aliphatic carbocycles. The summed E-state index contributed by atoms with van der Waals surface area (Å²) in [5.74, 6) is 0. The van der Waals surface area contributed by atoms with Gasteiger partial charge in [0.05, 0.1) is 0 Å². The summed E-state index contributed by atoms with van der Waals surface area (Å²) in [7, 11) is 1.99. The molecule has 1 nitrogen and oxygen atoms in total. The van der Waals surface area contributed by atoms with Gasteiger partial charge in [0.2, 0.25) is 0 Å². The van der Waals surface area contributed by atoms with E-state index in [0.29, 0.717) is 0 Å². The Kier molecular flexibility index (Phi) is 1.16. The highest BCUT2D eigenvalue weighted by Crippen LogP contribution is 1.96. The predicted molar refractivity (Wildman–Crippen MR) is 29.3 cm³/mol. The molecule has 0 unspecified atom stereocenters. The van der Waals surface area contributed by atoms with Crippen molar-refractivity contribution in [1.82, 2.24) is 4.90 Å². The van der Waals surface area contributed by atoms with Crippen LogP contribution in [0.3, 0.4) is 0 Å². The molecule has 0 amide bonds. The second-order valence-electron chi connectivity index (χ2n) is 1.59. The van der Waals surface area contributed by atoms with Gasteiger partial charge in [0, 0.05) is 13.2 Å². The lowest BCUT2D eigenvalue weighted by Gasteiger charge is -2.08. The number of hydrogen-bond acceptors (Lipinski definition) is 1. The minimum atomic E-state index is 0.963. The summed E-state index contributed by atoms with van der Waals surface area (Å²) in [6.07, 6.45) is 10.0. The summed E-state index contributed by atoms with van der Waals surface area (Å²) in [6, 6.07) is 0. The van der Waals surface area contributed by atoms with E-state index in [1.165, 1.54) is 0 Å². The number of rotatable bonds is 0. The van der Waals surface area contributed by atoms with Crippen LogP contribution in [0.4, 0.5) is 0 Å². The van der Waals surface area contributed by atoms with Crippen LogP contribution in [0.1, 0.15) is 6.42 Å². The number of hydrogen-bond donors (Lipinski definition) is 0. The fourth-order valence-electron chi connectivity index (χ4n) is 0.527. The van der Waals surface area contributed by atoms with Gasteiger partial charge >= 0.3 is 0 Å². The van der Waals surface area contributed by atoms with Gasteiger partial charge in [0.1, 0.15) is 0 Å². The SMILES string of the molecule is CN1C=[C]CC=C1. The van der Waals surface area contributed by atoms with Gasteiger partial charge in [-0.2, -0.15) is 0 Å². The van der Waals surface area contributed by atoms with Crippen molar-refractivity contribution < 1.29 is 0 Å². The third-order valence-corrected chi connectivity index (χ3v) is 0.871. The molecular formula is C6H8N. The van der Waals surface area contributed by atoms with Crippen molar-refractivity contribution in [2.45, 2.75) is 6.42 Å². The molecule has 0 atom stereocenters. The van der Waals surface area contributed by atoms with Crippen molar-refractivity contribution in [2.75, 3.05) is 7.05 Å². The molecule has 1 heterocycles. The molecular weight excluding hydrogens is 86.1 g/mol. The van der Waals surface area contributed by atoms with Gasteiger partial charge in [-0.3, -0.25) is 0 Å². The molecule has 1 aliphatic rings. The van der Waals surface area contributed by atoms with Crippen molar-refractivity contribution >= 4 is 0 Å². The first-order valence-corrected chi connectivity index (χ1v) is 2.35. The normalized spacial score (nSPS) is 18.1. The Labute approximate surface area is 43.9 Å². The predicted octanol–water partition coefficient (Wildman–Crippen LogP) is 1.15. The Morgan fingerprint density at radius 1 is 1.71 bits per heavy atom. The largest absolute Gasteiger partial charge is 0.357 e. The first kappa shape index (κ1) is 4.44. The molecule has 0 aromatic rings. The molecule has 1 rings (SSSR count). The highest BCUT2D eigenvalue weighted by Gasteiger charge is 1.84. The van der Waals surface area contributed by atoms with E-state index >= 15 is 0 Å². The summed E-state index contributed by atoms with van der Waals surface area (Å²) >= 11 is 0. The molecule has 0 aromatic heterocycles. The van der Waals surface area contributed by atoms with Crippen molar-refractivity contribution in [3.63, 3.8) is 0 Å². The van der Waals surface area contributed by atoms with Crippen molar-refractivity contribution in [2.24, 2.45) is 0 Å². The van der Waals surface area contributed by atoms with Gasteiger partial charge in [-0.25, -0.2) is 0 Å². The Morgan fingerprint density at radius 3 is 2.86 bits per heavy atom. The van der Waals surface area contributed by atoms with Crippen LogP contribution in [0.2, 0.25) is 0 Å². The Hall–Kier alpha value is -0.720. The molecule has 0 fully saturated rings. The zero-order valence-electron chi connectivity index (χ0n) is 4.39. The van der Waals surface area contributed by atoms with Crippen LogP contribution in [0.5, 0.6) is 0 Å². The van der Waals surface area contributed by atoms with E-state index in [4.69, 9.17) is 0 Å². The molecule has 1 radical (unpaired) electrons. The Morgan fingerprint density at radius 2 is 2.57 bits per heavy atom. The Balaban J connectivity index is 2.49. The maximum atomic E-state index is 3.05. The van der Waals surface area contributed by atoms with E-state index in [1.54, 1.807) is 0 Å². The number of nitrogens with zero attached hydrogens (tertiary/aromatic N) is 1. The van der Waals surface area contributed by atoms with Crippen molar-refractivity contribution in [3.8, 4) is 0 Å². The van der Waals surface area contributed by atoms with Crippen LogP contribution in [-0.4, -0.2) is 11.9 Å². The minimum absolute atomic E-state index is 0.963. The molecule has 0 bridgehead atoms. The van der Waals surface area contributed by atoms with Crippen molar-refractivity contribution in [1.29, 1.82) is 0 Å². The van der Waals surface area contributed by atoms with Crippen LogP contribution in [-0.2, 0) is 0 Å². The van der Waals surface area contributed by atoms with Crippen LogP contribution in [0.15, 0.2) is 18.5 Å². The van der Waals surface area contributed by atoms with Crippen LogP contribution < -0.4 is 0 Å². The number of allylic oxidation sites excluding steroid dienone is 2. The van der Waals surface area contributed by atoms with Gasteiger partial charge < -0.3 is 4.90 Å². The molecule has 0 aromatic carbocycles. The zero-order valence-corrected chi connectivity index (χ0v) is 4.39. The summed E-state index contributed by atoms with van der Waals surface area (Å²) in [5.41, 5.74) is 0. The summed E-state index contributed by atoms with van der Waals surface area (Å²) in [4.78, 5) is 1.98. The minimum Gasteiger partial charge on any atom is -0.357 e.